The molecule has 2 rings (SSSR count). The fourth-order valence-corrected chi connectivity index (χ4v) is 3.62. The maximum atomic E-state index is 13.7. The van der Waals surface area contributed by atoms with E-state index < -0.39 is 15.8 Å². The second-order valence-corrected chi connectivity index (χ2v) is 6.58. The molecule has 1 aliphatic heterocycles. The number of rotatable bonds is 5. The van der Waals surface area contributed by atoms with Crippen molar-refractivity contribution in [3.05, 3.63) is 29.6 Å². The van der Waals surface area contributed by atoms with Gasteiger partial charge in [-0.3, -0.25) is 4.90 Å². The summed E-state index contributed by atoms with van der Waals surface area (Å²) in [5.74, 6) is -0.709. The molecule has 9 heteroatoms. The van der Waals surface area contributed by atoms with E-state index in [9.17, 15) is 12.8 Å². The van der Waals surface area contributed by atoms with Crippen molar-refractivity contribution in [2.45, 2.75) is 11.8 Å². The highest BCUT2D eigenvalue weighted by Crippen LogP contribution is 2.18. The molecule has 2 N–H and O–H groups in total. The first-order valence-corrected chi connectivity index (χ1v) is 8.17. The summed E-state index contributed by atoms with van der Waals surface area (Å²) in [6.07, 6.45) is 0. The third-order valence-electron chi connectivity index (χ3n) is 3.36. The number of sulfonamides is 1. The Labute approximate surface area is 143 Å². The first-order chi connectivity index (χ1) is 9.50. The third kappa shape index (κ3) is 5.64. The van der Waals surface area contributed by atoms with Gasteiger partial charge in [0.1, 0.15) is 10.7 Å². The van der Waals surface area contributed by atoms with Crippen LogP contribution in [0.25, 0.3) is 0 Å². The van der Waals surface area contributed by atoms with Crippen LogP contribution in [0, 0.1) is 12.7 Å². The Bertz CT molecular complexity index is 546. The van der Waals surface area contributed by atoms with Gasteiger partial charge in [-0.05, 0) is 18.6 Å². The van der Waals surface area contributed by atoms with E-state index in [1.54, 1.807) is 13.0 Å². The second kappa shape index (κ2) is 9.64. The molecule has 1 fully saturated rings. The van der Waals surface area contributed by atoms with Crippen LogP contribution in [0.4, 0.5) is 4.39 Å². The molecule has 128 valence electrons. The topological polar surface area (TPSA) is 61.4 Å². The van der Waals surface area contributed by atoms with E-state index in [0.717, 1.165) is 32.2 Å². The molecule has 5 nitrogen and oxygen atoms in total. The Balaban J connectivity index is 0.00000220. The van der Waals surface area contributed by atoms with E-state index >= 15 is 0 Å². The number of benzene rings is 1. The molecule has 0 radical (unpaired) electrons. The van der Waals surface area contributed by atoms with E-state index in [-0.39, 0.29) is 36.3 Å². The van der Waals surface area contributed by atoms with Crippen LogP contribution in [0.5, 0.6) is 0 Å². The smallest absolute Gasteiger partial charge is 0.243 e. The van der Waals surface area contributed by atoms with Crippen molar-refractivity contribution >= 4 is 34.8 Å². The number of halogens is 3. The fraction of sp³-hybridized carbons (Fsp3) is 0.538. The molecule has 0 aromatic heterocycles. The molecular formula is C13H22Cl2FN3O2S. The van der Waals surface area contributed by atoms with E-state index in [1.165, 1.54) is 6.07 Å². The van der Waals surface area contributed by atoms with Crippen LogP contribution in [-0.2, 0) is 10.0 Å². The summed E-state index contributed by atoms with van der Waals surface area (Å²) >= 11 is 0. The second-order valence-electron chi connectivity index (χ2n) is 4.88. The molecule has 0 bridgehead atoms. The largest absolute Gasteiger partial charge is 0.314 e. The van der Waals surface area contributed by atoms with Crippen molar-refractivity contribution in [3.8, 4) is 0 Å². The molecule has 22 heavy (non-hydrogen) atoms. The van der Waals surface area contributed by atoms with Crippen LogP contribution in [0.1, 0.15) is 5.56 Å². The number of hydrogen-bond acceptors (Lipinski definition) is 4. The normalized spacial score (nSPS) is 15.7. The van der Waals surface area contributed by atoms with Gasteiger partial charge in [0.2, 0.25) is 10.0 Å². The number of nitrogens with zero attached hydrogens (tertiary/aromatic N) is 1. The van der Waals surface area contributed by atoms with Crippen LogP contribution in [0.3, 0.4) is 0 Å². The van der Waals surface area contributed by atoms with Crippen LogP contribution in [-0.4, -0.2) is 52.6 Å². The minimum Gasteiger partial charge on any atom is -0.314 e. The summed E-state index contributed by atoms with van der Waals surface area (Å²) in [4.78, 5) is 1.92. The zero-order chi connectivity index (χ0) is 14.6. The predicted molar refractivity (Wildman–Crippen MR) is 90.1 cm³/mol. The van der Waals surface area contributed by atoms with Crippen molar-refractivity contribution in [3.63, 3.8) is 0 Å². The van der Waals surface area contributed by atoms with Gasteiger partial charge in [0.05, 0.1) is 0 Å². The van der Waals surface area contributed by atoms with Gasteiger partial charge in [-0.15, -0.1) is 24.8 Å². The van der Waals surface area contributed by atoms with Crippen LogP contribution >= 0.6 is 24.8 Å². The highest BCUT2D eigenvalue weighted by Gasteiger charge is 2.21. The highest BCUT2D eigenvalue weighted by atomic mass is 35.5. The molecular weight excluding hydrogens is 352 g/mol. The van der Waals surface area contributed by atoms with Crippen molar-refractivity contribution in [1.29, 1.82) is 0 Å². The Morgan fingerprint density at radius 2 is 1.91 bits per heavy atom. The molecule has 1 aromatic rings. The predicted octanol–water partition coefficient (Wildman–Crippen LogP) is 1.16. The summed E-state index contributed by atoms with van der Waals surface area (Å²) in [6, 6.07) is 4.26. The van der Waals surface area contributed by atoms with Gasteiger partial charge < -0.3 is 5.32 Å². The molecule has 1 aliphatic rings. The molecule has 1 aromatic carbocycles. The molecule has 1 heterocycles. The fourth-order valence-electron chi connectivity index (χ4n) is 2.30. The van der Waals surface area contributed by atoms with Crippen LogP contribution < -0.4 is 10.0 Å². The standard InChI is InChI=1S/C13H20FN3O2S.2ClH/c1-11-3-2-4-12(14)13(11)20(18,19)16-7-10-17-8-5-15-6-9-17;;/h2-4,15-16H,5-10H2,1H3;2*1H. The summed E-state index contributed by atoms with van der Waals surface area (Å²) in [6.45, 7) is 6.15. The Kier molecular flexibility index (Phi) is 9.45. The number of nitrogens with one attached hydrogen (secondary N) is 2. The molecule has 0 saturated carbocycles. The maximum Gasteiger partial charge on any atom is 0.243 e. The summed E-state index contributed by atoms with van der Waals surface area (Å²) in [7, 11) is -3.79. The van der Waals surface area contributed by atoms with Gasteiger partial charge >= 0.3 is 0 Å². The summed E-state index contributed by atoms with van der Waals surface area (Å²) in [5, 5.41) is 3.23. The number of piperazine rings is 1. The summed E-state index contributed by atoms with van der Waals surface area (Å²) in [5.41, 5.74) is 0.416. The van der Waals surface area contributed by atoms with Gasteiger partial charge in [0.25, 0.3) is 0 Å². The van der Waals surface area contributed by atoms with E-state index in [2.05, 4.69) is 14.9 Å². The zero-order valence-electron chi connectivity index (χ0n) is 12.3. The Morgan fingerprint density at radius 3 is 2.50 bits per heavy atom. The SMILES string of the molecule is Cc1cccc(F)c1S(=O)(=O)NCCN1CCNCC1.Cl.Cl. The maximum absolute atomic E-state index is 13.7. The average molecular weight is 374 g/mol. The van der Waals surface area contributed by atoms with Crippen molar-refractivity contribution in [2.24, 2.45) is 0 Å². The third-order valence-corrected chi connectivity index (χ3v) is 5.00. The Hall–Kier alpha value is -0.440. The monoisotopic (exact) mass is 373 g/mol. The van der Waals surface area contributed by atoms with Gasteiger partial charge in [-0.2, -0.15) is 0 Å². The Morgan fingerprint density at radius 1 is 1.27 bits per heavy atom. The van der Waals surface area contributed by atoms with Gasteiger partial charge in [-0.1, -0.05) is 12.1 Å². The highest BCUT2D eigenvalue weighted by molar-refractivity contribution is 7.89. The molecule has 1 saturated heterocycles. The van der Waals surface area contributed by atoms with Gasteiger partial charge in [0.15, 0.2) is 0 Å². The number of aryl methyl sites for hydroxylation is 1. The van der Waals surface area contributed by atoms with Crippen LogP contribution in [0.2, 0.25) is 0 Å². The molecule has 0 atom stereocenters. The molecule has 0 spiro atoms. The lowest BCUT2D eigenvalue weighted by Gasteiger charge is -2.27. The van der Waals surface area contributed by atoms with Crippen LogP contribution in [0.15, 0.2) is 23.1 Å². The van der Waals surface area contributed by atoms with Crippen molar-refractivity contribution < 1.29 is 12.8 Å². The first kappa shape index (κ1) is 21.6. The van der Waals surface area contributed by atoms with Crippen molar-refractivity contribution in [1.82, 2.24) is 14.9 Å². The van der Waals surface area contributed by atoms with Gasteiger partial charge in [-0.25, -0.2) is 17.5 Å². The number of hydrogen-bond donors (Lipinski definition) is 2. The molecule has 0 aliphatic carbocycles. The van der Waals surface area contributed by atoms with E-state index in [0.29, 0.717) is 12.1 Å². The minimum atomic E-state index is -3.79. The summed E-state index contributed by atoms with van der Waals surface area (Å²) < 4.78 is 40.4. The first-order valence-electron chi connectivity index (χ1n) is 6.68. The zero-order valence-corrected chi connectivity index (χ0v) is 14.8. The van der Waals surface area contributed by atoms with Crippen molar-refractivity contribution in [2.75, 3.05) is 39.3 Å². The van der Waals surface area contributed by atoms with E-state index in [1.807, 2.05) is 0 Å². The molecule has 0 amide bonds. The quantitative estimate of drug-likeness (QED) is 0.812. The lowest BCUT2D eigenvalue weighted by atomic mass is 10.2. The lowest BCUT2D eigenvalue weighted by Crippen LogP contribution is -2.46. The van der Waals surface area contributed by atoms with E-state index in [4.69, 9.17) is 0 Å². The van der Waals surface area contributed by atoms with Gasteiger partial charge in [0, 0.05) is 39.3 Å². The minimum absolute atomic E-state index is 0. The molecule has 0 unspecified atom stereocenters. The lowest BCUT2D eigenvalue weighted by molar-refractivity contribution is 0.245. The average Bonchev–Trinajstić information content (AvgIpc) is 2.39.